The third kappa shape index (κ3) is 59.9. The minimum Gasteiger partial charge on any atom is -0.756 e. The molecule has 0 radical (unpaired) electrons. The minimum absolute atomic E-state index is 0.00107. The number of unbranched alkanes of at least 4 members (excludes halogenated alkanes) is 39. The highest BCUT2D eigenvalue weighted by Gasteiger charge is 2.23. The number of quaternary nitrogens is 1. The number of hydrogen-bond acceptors (Lipinski definition) is 6. The highest BCUT2D eigenvalue weighted by molar-refractivity contribution is 7.45. The largest absolute Gasteiger partial charge is 0.756 e. The second-order valence-corrected chi connectivity index (χ2v) is 24.9. The number of allylic oxidation sites excluding steroid dienone is 9. The van der Waals surface area contributed by atoms with Gasteiger partial charge < -0.3 is 28.8 Å². The van der Waals surface area contributed by atoms with Gasteiger partial charge in [0.2, 0.25) is 5.91 Å². The quantitative estimate of drug-likeness (QED) is 0.0272. The van der Waals surface area contributed by atoms with E-state index in [-0.39, 0.29) is 19.1 Å². The minimum atomic E-state index is -4.60. The van der Waals surface area contributed by atoms with E-state index in [9.17, 15) is 19.4 Å². The molecule has 0 aliphatic heterocycles. The SMILES string of the molecule is CC/C=C\C/C=C\C/C=C\C/C=C\CCCCCCCCCCCCCCCCCCC(=O)NC(COP(=O)([O-])OCC[N+](C)(C)C)C(O)/C=C/CCCCCCCCCCCCCCCCCCCCCCCCC. The Kier molecular flexibility index (Phi) is 56.5. The number of hydrogen-bond donors (Lipinski definition) is 2. The molecule has 2 N–H and O–H groups in total. The summed E-state index contributed by atoms with van der Waals surface area (Å²) in [6.07, 6.45) is 78.9. The van der Waals surface area contributed by atoms with Crippen molar-refractivity contribution in [1.29, 1.82) is 0 Å². The van der Waals surface area contributed by atoms with Gasteiger partial charge in [-0.2, -0.15) is 0 Å². The van der Waals surface area contributed by atoms with Crippen LogP contribution in [-0.2, 0) is 18.4 Å². The van der Waals surface area contributed by atoms with Gasteiger partial charge in [0.25, 0.3) is 7.82 Å². The molecule has 0 spiro atoms. The molecule has 76 heavy (non-hydrogen) atoms. The third-order valence-electron chi connectivity index (χ3n) is 14.7. The van der Waals surface area contributed by atoms with E-state index in [2.05, 4.69) is 67.8 Å². The van der Waals surface area contributed by atoms with Gasteiger partial charge in [-0.15, -0.1) is 0 Å². The van der Waals surface area contributed by atoms with Crippen LogP contribution in [0.4, 0.5) is 0 Å². The second kappa shape index (κ2) is 57.9. The normalized spacial score (nSPS) is 14.1. The van der Waals surface area contributed by atoms with Crippen molar-refractivity contribution in [3.8, 4) is 0 Å². The molecule has 0 bridgehead atoms. The van der Waals surface area contributed by atoms with Gasteiger partial charge in [-0.25, -0.2) is 0 Å². The molecule has 3 unspecified atom stereocenters. The third-order valence-corrected chi connectivity index (χ3v) is 15.7. The molecule has 8 nitrogen and oxygen atoms in total. The van der Waals surface area contributed by atoms with Crippen molar-refractivity contribution in [2.75, 3.05) is 40.9 Å². The van der Waals surface area contributed by atoms with Gasteiger partial charge >= 0.3 is 0 Å². The molecule has 0 aliphatic rings. The topological polar surface area (TPSA) is 108 Å². The zero-order valence-corrected chi connectivity index (χ0v) is 51.9. The van der Waals surface area contributed by atoms with E-state index in [1.54, 1.807) is 6.08 Å². The van der Waals surface area contributed by atoms with E-state index in [4.69, 9.17) is 9.05 Å². The van der Waals surface area contributed by atoms with Crippen LogP contribution in [-0.4, -0.2) is 68.5 Å². The molecule has 3 atom stereocenters. The van der Waals surface area contributed by atoms with Crippen molar-refractivity contribution in [2.45, 2.75) is 321 Å². The molecule has 0 aromatic heterocycles. The van der Waals surface area contributed by atoms with Gasteiger partial charge in [0.1, 0.15) is 13.2 Å². The van der Waals surface area contributed by atoms with Crippen LogP contribution in [0.15, 0.2) is 60.8 Å². The van der Waals surface area contributed by atoms with E-state index in [1.165, 1.54) is 225 Å². The molecule has 0 heterocycles. The molecule has 0 aliphatic carbocycles. The number of aliphatic hydroxyl groups excluding tert-OH is 1. The Morgan fingerprint density at radius 2 is 0.803 bits per heavy atom. The molecule has 0 rings (SSSR count). The molecular formula is C67H127N2O6P. The average Bonchev–Trinajstić information content (AvgIpc) is 3.38. The molecule has 1 amide bonds. The standard InChI is InChI=1S/C67H127N2O6P/c1-6-8-10-12-14-16-18-20-22-24-26-28-30-32-33-34-35-37-39-41-43-45-47-49-51-53-55-57-59-61-67(71)68-65(64-75-76(72,73)74-63-62-69(3,4)5)66(70)60-58-56-54-52-50-48-46-44-42-40-38-36-31-29-27-25-23-21-19-17-15-13-11-9-7-2/h8,10,14,16,20,22,26,28,58,60,65-66,70H,6-7,9,11-13,15,17-19,21,23-25,27,29-57,59,61-64H2,1-5H3,(H-,68,71,72,73)/b10-8-,16-14-,22-20-,28-26-,60-58+. The fourth-order valence-electron chi connectivity index (χ4n) is 9.68. The zero-order valence-electron chi connectivity index (χ0n) is 51.0. The summed E-state index contributed by atoms with van der Waals surface area (Å²) in [7, 11) is 1.27. The maximum atomic E-state index is 13.0. The number of nitrogens with one attached hydrogen (secondary N) is 1. The summed E-state index contributed by atoms with van der Waals surface area (Å²) in [5, 5.41) is 14.0. The summed E-state index contributed by atoms with van der Waals surface area (Å²) in [6.45, 7) is 4.58. The molecular weight excluding hydrogens is 960 g/mol. The van der Waals surface area contributed by atoms with Crippen molar-refractivity contribution < 1.29 is 32.9 Å². The van der Waals surface area contributed by atoms with Crippen molar-refractivity contribution in [3.05, 3.63) is 60.8 Å². The number of amides is 1. The van der Waals surface area contributed by atoms with Crippen LogP contribution in [0.1, 0.15) is 309 Å². The Hall–Kier alpha value is -1.80. The van der Waals surface area contributed by atoms with Gasteiger partial charge in [-0.05, 0) is 57.8 Å². The van der Waals surface area contributed by atoms with Crippen LogP contribution in [0.25, 0.3) is 0 Å². The first-order chi connectivity index (χ1) is 37.0. The first kappa shape index (κ1) is 74.2. The smallest absolute Gasteiger partial charge is 0.268 e. The molecule has 0 saturated heterocycles. The van der Waals surface area contributed by atoms with Crippen LogP contribution in [0, 0.1) is 0 Å². The lowest BCUT2D eigenvalue weighted by Crippen LogP contribution is -2.45. The van der Waals surface area contributed by atoms with E-state index >= 15 is 0 Å². The monoisotopic (exact) mass is 1090 g/mol. The molecule has 0 fully saturated rings. The van der Waals surface area contributed by atoms with Crippen molar-refractivity contribution in [1.82, 2.24) is 5.32 Å². The fourth-order valence-corrected chi connectivity index (χ4v) is 10.4. The zero-order chi connectivity index (χ0) is 55.6. The summed E-state index contributed by atoms with van der Waals surface area (Å²) in [5.74, 6) is -0.194. The number of phosphoric acid groups is 1. The van der Waals surface area contributed by atoms with Crippen LogP contribution >= 0.6 is 7.82 Å². The highest BCUT2D eigenvalue weighted by atomic mass is 31.2. The van der Waals surface area contributed by atoms with Gasteiger partial charge in [0, 0.05) is 6.42 Å². The molecule has 0 aromatic rings. The molecule has 9 heteroatoms. The highest BCUT2D eigenvalue weighted by Crippen LogP contribution is 2.38. The Morgan fingerprint density at radius 3 is 1.17 bits per heavy atom. The first-order valence-corrected chi connectivity index (χ1v) is 34.1. The molecule has 0 aromatic carbocycles. The Morgan fingerprint density at radius 1 is 0.474 bits per heavy atom. The number of rotatable bonds is 60. The van der Waals surface area contributed by atoms with Crippen molar-refractivity contribution in [2.24, 2.45) is 0 Å². The number of likely N-dealkylation sites (N-methyl/N-ethyl adjacent to an activating group) is 1. The lowest BCUT2D eigenvalue weighted by Gasteiger charge is -2.29. The van der Waals surface area contributed by atoms with Crippen molar-refractivity contribution in [3.63, 3.8) is 0 Å². The molecule has 0 saturated carbocycles. The lowest BCUT2D eigenvalue weighted by molar-refractivity contribution is -0.870. The maximum Gasteiger partial charge on any atom is 0.268 e. The Bertz CT molecular complexity index is 1420. The summed E-state index contributed by atoms with van der Waals surface area (Å²) in [4.78, 5) is 25.6. The summed E-state index contributed by atoms with van der Waals surface area (Å²) in [6, 6.07) is -0.889. The number of aliphatic hydroxyl groups is 1. The number of nitrogens with zero attached hydrogens (tertiary/aromatic N) is 1. The van der Waals surface area contributed by atoms with Crippen LogP contribution in [0.3, 0.4) is 0 Å². The lowest BCUT2D eigenvalue weighted by atomic mass is 10.0. The van der Waals surface area contributed by atoms with Gasteiger partial charge in [0.15, 0.2) is 0 Å². The van der Waals surface area contributed by atoms with Crippen LogP contribution < -0.4 is 10.2 Å². The second-order valence-electron chi connectivity index (χ2n) is 23.4. The Labute approximate surface area is 472 Å². The maximum absolute atomic E-state index is 13.0. The first-order valence-electron chi connectivity index (χ1n) is 32.7. The van der Waals surface area contributed by atoms with E-state index in [0.717, 1.165) is 64.2 Å². The van der Waals surface area contributed by atoms with Crippen molar-refractivity contribution >= 4 is 13.7 Å². The van der Waals surface area contributed by atoms with E-state index in [1.807, 2.05) is 27.2 Å². The van der Waals surface area contributed by atoms with Gasteiger partial charge in [-0.3, -0.25) is 9.36 Å². The summed E-state index contributed by atoms with van der Waals surface area (Å²) >= 11 is 0. The van der Waals surface area contributed by atoms with Gasteiger partial charge in [0.05, 0.1) is 39.9 Å². The number of phosphoric ester groups is 1. The van der Waals surface area contributed by atoms with Crippen LogP contribution in [0.5, 0.6) is 0 Å². The number of carbonyl (C=O) groups is 1. The summed E-state index contributed by atoms with van der Waals surface area (Å²) < 4.78 is 23.4. The molecule has 446 valence electrons. The number of carbonyl (C=O) groups excluding carboxylic acids is 1. The van der Waals surface area contributed by atoms with E-state index in [0.29, 0.717) is 17.4 Å². The Balaban J connectivity index is 4.11. The van der Waals surface area contributed by atoms with Crippen LogP contribution in [0.2, 0.25) is 0 Å². The summed E-state index contributed by atoms with van der Waals surface area (Å²) in [5.41, 5.74) is 0. The predicted octanol–water partition coefficient (Wildman–Crippen LogP) is 19.8. The fraction of sp³-hybridized carbons (Fsp3) is 0.836. The van der Waals surface area contributed by atoms with E-state index < -0.39 is 20.0 Å². The predicted molar refractivity (Wildman–Crippen MR) is 330 cm³/mol. The van der Waals surface area contributed by atoms with Gasteiger partial charge in [-0.1, -0.05) is 306 Å². The average molecular weight is 1090 g/mol.